The number of rotatable bonds is 5. The van der Waals surface area contributed by atoms with Gasteiger partial charge in [0.25, 0.3) is 0 Å². The largest absolute Gasteiger partial charge is 0.378 e. The lowest BCUT2D eigenvalue weighted by Crippen LogP contribution is -2.45. The molecule has 0 unspecified atom stereocenters. The number of fused-ring (bicyclic) bond motifs is 1. The van der Waals surface area contributed by atoms with Crippen LogP contribution in [0.15, 0.2) is 29.1 Å². The summed E-state index contributed by atoms with van der Waals surface area (Å²) in [5, 5.41) is 0. The molecule has 0 radical (unpaired) electrons. The second-order valence-corrected chi connectivity index (χ2v) is 7.89. The molecule has 150 valence electrons. The smallest absolute Gasteiger partial charge is 0.326 e. The molecule has 0 bridgehead atoms. The van der Waals surface area contributed by atoms with Gasteiger partial charge in [-0.05, 0) is 57.1 Å². The molecule has 1 aliphatic heterocycles. The predicted octanol–water partition coefficient (Wildman–Crippen LogP) is 4.13. The Morgan fingerprint density at radius 1 is 1.04 bits per heavy atom. The van der Waals surface area contributed by atoms with E-state index >= 15 is 0 Å². The summed E-state index contributed by atoms with van der Waals surface area (Å²) in [5.74, 6) is 0. The summed E-state index contributed by atoms with van der Waals surface area (Å²) >= 11 is 0. The minimum atomic E-state index is 0. The van der Waals surface area contributed by atoms with E-state index in [9.17, 15) is 4.79 Å². The molecule has 1 aliphatic carbocycles. The minimum Gasteiger partial charge on any atom is -0.378 e. The number of para-hydroxylation sites is 2. The quantitative estimate of drug-likeness (QED) is 0.831. The van der Waals surface area contributed by atoms with Crippen LogP contribution >= 0.6 is 12.4 Å². The number of nitrogens with one attached hydrogen (secondary N) is 1. The van der Waals surface area contributed by atoms with E-state index in [2.05, 4.69) is 22.9 Å². The van der Waals surface area contributed by atoms with Gasteiger partial charge in [0, 0.05) is 31.8 Å². The molecule has 6 heteroatoms. The van der Waals surface area contributed by atoms with Crippen LogP contribution in [0.2, 0.25) is 0 Å². The number of ether oxygens (including phenoxy) is 1. The van der Waals surface area contributed by atoms with E-state index < -0.39 is 0 Å². The minimum absolute atomic E-state index is 0. The van der Waals surface area contributed by atoms with Crippen molar-refractivity contribution >= 4 is 23.4 Å². The molecular formula is C21H32ClN3O2. The molecule has 0 spiro atoms. The Labute approximate surface area is 167 Å². The highest BCUT2D eigenvalue weighted by Gasteiger charge is 2.30. The first-order chi connectivity index (χ1) is 12.8. The summed E-state index contributed by atoms with van der Waals surface area (Å²) in [4.78, 5) is 18.1. The van der Waals surface area contributed by atoms with Crippen LogP contribution in [-0.2, 0) is 4.74 Å². The third-order valence-corrected chi connectivity index (χ3v) is 6.21. The van der Waals surface area contributed by atoms with E-state index in [1.807, 2.05) is 22.8 Å². The van der Waals surface area contributed by atoms with E-state index in [4.69, 9.17) is 4.74 Å². The van der Waals surface area contributed by atoms with E-state index in [1.165, 1.54) is 25.7 Å². The SMILES string of the molecule is CCCOC1CCC(N2CCC(n3c(=O)[nH]c4ccccc43)CC2)CC1.Cl. The summed E-state index contributed by atoms with van der Waals surface area (Å²) in [6, 6.07) is 9.06. The van der Waals surface area contributed by atoms with Gasteiger partial charge in [0.05, 0.1) is 17.1 Å². The molecule has 2 heterocycles. The van der Waals surface area contributed by atoms with Crippen LogP contribution in [0.25, 0.3) is 11.0 Å². The molecule has 1 N–H and O–H groups in total. The zero-order valence-electron chi connectivity index (χ0n) is 16.2. The first-order valence-electron chi connectivity index (χ1n) is 10.3. The lowest BCUT2D eigenvalue weighted by atomic mass is 9.90. The van der Waals surface area contributed by atoms with Crippen LogP contribution in [0.1, 0.15) is 57.9 Å². The fourth-order valence-electron chi connectivity index (χ4n) is 4.81. The highest BCUT2D eigenvalue weighted by molar-refractivity contribution is 5.85. The molecule has 0 amide bonds. The van der Waals surface area contributed by atoms with Crippen molar-refractivity contribution in [2.75, 3.05) is 19.7 Å². The Hall–Kier alpha value is -1.30. The molecule has 1 aromatic heterocycles. The van der Waals surface area contributed by atoms with Crippen molar-refractivity contribution in [2.45, 2.75) is 70.1 Å². The number of benzene rings is 1. The molecule has 2 aromatic rings. The molecule has 0 atom stereocenters. The van der Waals surface area contributed by atoms with Crippen molar-refractivity contribution in [3.63, 3.8) is 0 Å². The van der Waals surface area contributed by atoms with Crippen molar-refractivity contribution in [1.82, 2.24) is 14.5 Å². The molecule has 1 saturated heterocycles. The van der Waals surface area contributed by atoms with Gasteiger partial charge in [-0.2, -0.15) is 0 Å². The van der Waals surface area contributed by atoms with Crippen LogP contribution in [-0.4, -0.2) is 46.3 Å². The van der Waals surface area contributed by atoms with Crippen LogP contribution in [0.3, 0.4) is 0 Å². The Morgan fingerprint density at radius 3 is 2.44 bits per heavy atom. The number of nitrogens with zero attached hydrogens (tertiary/aromatic N) is 2. The molecule has 5 nitrogen and oxygen atoms in total. The van der Waals surface area contributed by atoms with Gasteiger partial charge in [-0.3, -0.25) is 4.57 Å². The van der Waals surface area contributed by atoms with Crippen molar-refractivity contribution < 1.29 is 4.74 Å². The number of aromatic amines is 1. The van der Waals surface area contributed by atoms with Gasteiger partial charge >= 0.3 is 5.69 Å². The highest BCUT2D eigenvalue weighted by Crippen LogP contribution is 2.31. The highest BCUT2D eigenvalue weighted by atomic mass is 35.5. The van der Waals surface area contributed by atoms with Gasteiger partial charge in [0.2, 0.25) is 0 Å². The fourth-order valence-corrected chi connectivity index (χ4v) is 4.81. The number of H-pyrrole nitrogens is 1. The number of imidazole rings is 1. The van der Waals surface area contributed by atoms with E-state index in [-0.39, 0.29) is 18.1 Å². The third kappa shape index (κ3) is 4.41. The molecule has 2 fully saturated rings. The molecule has 1 saturated carbocycles. The predicted molar refractivity (Wildman–Crippen MR) is 112 cm³/mol. The monoisotopic (exact) mass is 393 g/mol. The Morgan fingerprint density at radius 2 is 1.74 bits per heavy atom. The first kappa shape index (κ1) is 20.4. The van der Waals surface area contributed by atoms with Gasteiger partial charge < -0.3 is 14.6 Å². The Bertz CT molecular complexity index is 771. The third-order valence-electron chi connectivity index (χ3n) is 6.21. The Balaban J connectivity index is 0.00000210. The summed E-state index contributed by atoms with van der Waals surface area (Å²) in [7, 11) is 0. The first-order valence-corrected chi connectivity index (χ1v) is 10.3. The summed E-state index contributed by atoms with van der Waals surface area (Å²) in [6.45, 7) is 5.28. The normalized spacial score (nSPS) is 24.8. The summed E-state index contributed by atoms with van der Waals surface area (Å²) in [5.41, 5.74) is 2.04. The molecular weight excluding hydrogens is 362 g/mol. The maximum Gasteiger partial charge on any atom is 0.326 e. The number of piperidine rings is 1. The lowest BCUT2D eigenvalue weighted by molar-refractivity contribution is 0.00254. The second-order valence-electron chi connectivity index (χ2n) is 7.89. The topological polar surface area (TPSA) is 50.3 Å². The number of aromatic nitrogens is 2. The average molecular weight is 394 g/mol. The molecule has 2 aliphatic rings. The van der Waals surface area contributed by atoms with Gasteiger partial charge in [0.1, 0.15) is 0 Å². The Kier molecular flexibility index (Phi) is 7.01. The van der Waals surface area contributed by atoms with Gasteiger partial charge in [-0.1, -0.05) is 19.1 Å². The number of likely N-dealkylation sites (tertiary alicyclic amines) is 1. The fraction of sp³-hybridized carbons (Fsp3) is 0.667. The van der Waals surface area contributed by atoms with Crippen molar-refractivity contribution in [3.8, 4) is 0 Å². The molecule has 1 aromatic carbocycles. The van der Waals surface area contributed by atoms with Crippen LogP contribution < -0.4 is 5.69 Å². The zero-order valence-corrected chi connectivity index (χ0v) is 17.0. The number of halogens is 1. The summed E-state index contributed by atoms with van der Waals surface area (Å²) in [6.07, 6.45) is 8.63. The van der Waals surface area contributed by atoms with Crippen LogP contribution in [0.5, 0.6) is 0 Å². The molecule has 27 heavy (non-hydrogen) atoms. The van der Waals surface area contributed by atoms with Crippen molar-refractivity contribution in [3.05, 3.63) is 34.7 Å². The average Bonchev–Trinajstić information content (AvgIpc) is 3.02. The number of hydrogen-bond acceptors (Lipinski definition) is 3. The van der Waals surface area contributed by atoms with E-state index in [0.29, 0.717) is 18.2 Å². The second kappa shape index (κ2) is 9.26. The summed E-state index contributed by atoms with van der Waals surface area (Å²) < 4.78 is 7.92. The van der Waals surface area contributed by atoms with Crippen molar-refractivity contribution in [1.29, 1.82) is 0 Å². The standard InChI is InChI=1S/C21H31N3O2.ClH/c1-2-15-26-18-9-7-16(8-10-18)23-13-11-17(12-14-23)24-20-6-4-3-5-19(20)22-21(24)25;/h3-6,16-18H,2,7-15H2,1H3,(H,22,25);1H. The van der Waals surface area contributed by atoms with Gasteiger partial charge in [-0.25, -0.2) is 4.79 Å². The van der Waals surface area contributed by atoms with Gasteiger partial charge in [0.15, 0.2) is 0 Å². The van der Waals surface area contributed by atoms with Crippen molar-refractivity contribution in [2.24, 2.45) is 0 Å². The zero-order chi connectivity index (χ0) is 17.9. The van der Waals surface area contributed by atoms with Gasteiger partial charge in [-0.15, -0.1) is 12.4 Å². The number of hydrogen-bond donors (Lipinski definition) is 1. The maximum atomic E-state index is 12.4. The lowest BCUT2D eigenvalue weighted by Gasteiger charge is -2.41. The maximum absolute atomic E-state index is 12.4. The van der Waals surface area contributed by atoms with E-state index in [1.54, 1.807) is 0 Å². The molecule has 4 rings (SSSR count). The van der Waals surface area contributed by atoms with E-state index in [0.717, 1.165) is 50.0 Å². The van der Waals surface area contributed by atoms with Crippen LogP contribution in [0.4, 0.5) is 0 Å². The van der Waals surface area contributed by atoms with Crippen LogP contribution in [0, 0.1) is 0 Å².